The zero-order valence-corrected chi connectivity index (χ0v) is 14.5. The van der Waals surface area contributed by atoms with Crippen LogP contribution in [0.1, 0.15) is 51.1 Å². The van der Waals surface area contributed by atoms with Crippen molar-refractivity contribution in [1.82, 2.24) is 10.6 Å². The highest BCUT2D eigenvalue weighted by Crippen LogP contribution is 2.35. The summed E-state index contributed by atoms with van der Waals surface area (Å²) in [5, 5.41) is 6.59. The van der Waals surface area contributed by atoms with Crippen LogP contribution in [0.25, 0.3) is 0 Å². The monoisotopic (exact) mass is 352 g/mol. The second-order valence-electron chi connectivity index (χ2n) is 6.03. The molecule has 1 aliphatic heterocycles. The summed E-state index contributed by atoms with van der Waals surface area (Å²) in [6.45, 7) is 6.11. The average molecular weight is 353 g/mol. The number of carbonyl (C=O) groups is 1. The summed E-state index contributed by atoms with van der Waals surface area (Å²) in [6, 6.07) is 8.21. The van der Waals surface area contributed by atoms with Gasteiger partial charge in [0.1, 0.15) is 0 Å². The molecule has 1 atom stereocenters. The van der Waals surface area contributed by atoms with Gasteiger partial charge in [-0.1, -0.05) is 41.4 Å². The fourth-order valence-corrected chi connectivity index (χ4v) is 3.42. The molecule has 4 heteroatoms. The van der Waals surface area contributed by atoms with Crippen LogP contribution in [0.3, 0.4) is 0 Å². The summed E-state index contributed by atoms with van der Waals surface area (Å²) < 4.78 is 1.06. The molecule has 0 saturated carbocycles. The number of hydrogen-bond acceptors (Lipinski definition) is 2. The summed E-state index contributed by atoms with van der Waals surface area (Å²) in [5.41, 5.74) is 0.969. The summed E-state index contributed by atoms with van der Waals surface area (Å²) in [7, 11) is 0. The Morgan fingerprint density at radius 2 is 1.95 bits per heavy atom. The molecule has 1 heterocycles. The first-order chi connectivity index (χ1) is 10.1. The maximum absolute atomic E-state index is 12.8. The predicted octanol–water partition coefficient (Wildman–Crippen LogP) is 3.80. The molecule has 3 nitrogen and oxygen atoms in total. The van der Waals surface area contributed by atoms with Crippen molar-refractivity contribution < 1.29 is 4.79 Å². The van der Waals surface area contributed by atoms with Crippen LogP contribution >= 0.6 is 15.9 Å². The van der Waals surface area contributed by atoms with E-state index in [1.807, 2.05) is 12.1 Å². The van der Waals surface area contributed by atoms with E-state index in [1.165, 1.54) is 0 Å². The largest absolute Gasteiger partial charge is 0.349 e. The van der Waals surface area contributed by atoms with Gasteiger partial charge in [0.05, 0.1) is 11.5 Å². The summed E-state index contributed by atoms with van der Waals surface area (Å²) in [6.07, 6.45) is 3.92. The fraction of sp³-hybridized carbons (Fsp3) is 0.588. The Bertz CT molecular complexity index is 461. The first-order valence-corrected chi connectivity index (χ1v) is 8.64. The molecule has 21 heavy (non-hydrogen) atoms. The predicted molar refractivity (Wildman–Crippen MR) is 90.1 cm³/mol. The Balaban J connectivity index is 2.05. The molecular formula is C17H25BrN2O. The van der Waals surface area contributed by atoms with Crippen LogP contribution in [0.15, 0.2) is 28.7 Å². The average Bonchev–Trinajstić information content (AvgIpc) is 2.49. The maximum Gasteiger partial charge on any atom is 0.226 e. The first kappa shape index (κ1) is 16.5. The summed E-state index contributed by atoms with van der Waals surface area (Å²) in [4.78, 5) is 12.8. The van der Waals surface area contributed by atoms with Gasteiger partial charge in [0.15, 0.2) is 0 Å². The number of benzene rings is 1. The highest BCUT2D eigenvalue weighted by molar-refractivity contribution is 9.10. The highest BCUT2D eigenvalue weighted by atomic mass is 79.9. The molecule has 116 valence electrons. The molecule has 0 aromatic heterocycles. The molecule has 1 fully saturated rings. The van der Waals surface area contributed by atoms with E-state index in [0.29, 0.717) is 0 Å². The third kappa shape index (κ3) is 4.07. The molecule has 1 aliphatic rings. The minimum atomic E-state index is -0.177. The number of amides is 1. The molecule has 2 N–H and O–H groups in total. The van der Waals surface area contributed by atoms with Gasteiger partial charge in [-0.15, -0.1) is 0 Å². The molecule has 1 aromatic rings. The highest BCUT2D eigenvalue weighted by Gasteiger charge is 2.38. The lowest BCUT2D eigenvalue weighted by Crippen LogP contribution is -2.48. The third-order valence-corrected chi connectivity index (χ3v) is 5.02. The van der Waals surface area contributed by atoms with Crippen molar-refractivity contribution in [3.8, 4) is 0 Å². The molecule has 0 spiro atoms. The van der Waals surface area contributed by atoms with Crippen LogP contribution in [0.4, 0.5) is 0 Å². The molecule has 0 aliphatic carbocycles. The second kappa shape index (κ2) is 7.41. The topological polar surface area (TPSA) is 41.1 Å². The zero-order valence-electron chi connectivity index (χ0n) is 12.9. The van der Waals surface area contributed by atoms with Gasteiger partial charge in [-0.3, -0.25) is 4.79 Å². The van der Waals surface area contributed by atoms with Gasteiger partial charge in [0.2, 0.25) is 5.91 Å². The van der Waals surface area contributed by atoms with Crippen molar-refractivity contribution in [1.29, 1.82) is 0 Å². The van der Waals surface area contributed by atoms with Crippen molar-refractivity contribution in [3.63, 3.8) is 0 Å². The Labute approximate surface area is 136 Å². The number of piperidine rings is 1. The van der Waals surface area contributed by atoms with E-state index < -0.39 is 0 Å². The summed E-state index contributed by atoms with van der Waals surface area (Å²) in [5.74, 6) is 0.223. The van der Waals surface area contributed by atoms with Crippen molar-refractivity contribution in [3.05, 3.63) is 34.3 Å². The summed E-state index contributed by atoms with van der Waals surface area (Å²) >= 11 is 3.44. The van der Waals surface area contributed by atoms with Crippen molar-refractivity contribution >= 4 is 21.8 Å². The van der Waals surface area contributed by atoms with Gasteiger partial charge in [0.25, 0.3) is 0 Å². The lowest BCUT2D eigenvalue weighted by molar-refractivity contribution is -0.133. The first-order valence-electron chi connectivity index (χ1n) is 7.84. The minimum Gasteiger partial charge on any atom is -0.349 e. The number of carbonyl (C=O) groups excluding carboxylic acids is 1. The Morgan fingerprint density at radius 1 is 1.33 bits per heavy atom. The molecule has 0 bridgehead atoms. The van der Waals surface area contributed by atoms with E-state index in [0.717, 1.165) is 48.8 Å². The number of rotatable bonds is 5. The Kier molecular flexibility index (Phi) is 5.82. The van der Waals surface area contributed by atoms with Gasteiger partial charge in [0, 0.05) is 4.47 Å². The van der Waals surface area contributed by atoms with E-state index in [2.05, 4.69) is 52.5 Å². The normalized spacial score (nSPS) is 19.0. The number of halogens is 1. The van der Waals surface area contributed by atoms with E-state index in [4.69, 9.17) is 0 Å². The second-order valence-corrected chi connectivity index (χ2v) is 6.94. The lowest BCUT2D eigenvalue weighted by atomic mass is 9.74. The Hall–Kier alpha value is -0.870. The smallest absolute Gasteiger partial charge is 0.226 e. The molecule has 1 amide bonds. The third-order valence-electron chi connectivity index (χ3n) is 4.49. The molecular weight excluding hydrogens is 328 g/mol. The van der Waals surface area contributed by atoms with Crippen LogP contribution in [-0.4, -0.2) is 19.0 Å². The number of hydrogen-bond donors (Lipinski definition) is 2. The van der Waals surface area contributed by atoms with Crippen molar-refractivity contribution in [2.24, 2.45) is 5.41 Å². The van der Waals surface area contributed by atoms with Gasteiger partial charge < -0.3 is 10.6 Å². The van der Waals surface area contributed by atoms with E-state index in [-0.39, 0.29) is 17.4 Å². The van der Waals surface area contributed by atoms with Crippen molar-refractivity contribution in [2.45, 2.75) is 45.6 Å². The van der Waals surface area contributed by atoms with Gasteiger partial charge in [-0.2, -0.15) is 0 Å². The molecule has 0 radical (unpaired) electrons. The van der Waals surface area contributed by atoms with Crippen LogP contribution < -0.4 is 10.6 Å². The molecule has 2 rings (SSSR count). The van der Waals surface area contributed by atoms with Crippen LogP contribution in [0.2, 0.25) is 0 Å². The molecule has 1 unspecified atom stereocenters. The van der Waals surface area contributed by atoms with Crippen LogP contribution in [0.5, 0.6) is 0 Å². The van der Waals surface area contributed by atoms with Gasteiger partial charge in [-0.05, 0) is 57.0 Å². The maximum atomic E-state index is 12.8. The standard InChI is InChI=1S/C17H25BrN2O/c1-3-8-17(9-11-19-12-10-17)16(21)20-13(2)14-4-6-15(18)7-5-14/h4-7,13,19H,3,8-12H2,1-2H3,(H,20,21). The van der Waals surface area contributed by atoms with Gasteiger partial charge in [-0.25, -0.2) is 0 Å². The zero-order chi connectivity index (χ0) is 15.3. The fourth-order valence-electron chi connectivity index (χ4n) is 3.16. The lowest BCUT2D eigenvalue weighted by Gasteiger charge is -2.37. The van der Waals surface area contributed by atoms with E-state index in [1.54, 1.807) is 0 Å². The van der Waals surface area contributed by atoms with E-state index >= 15 is 0 Å². The Morgan fingerprint density at radius 3 is 2.52 bits per heavy atom. The minimum absolute atomic E-state index is 0.0502. The van der Waals surface area contributed by atoms with Crippen LogP contribution in [0, 0.1) is 5.41 Å². The molecule has 1 aromatic carbocycles. The quantitative estimate of drug-likeness (QED) is 0.846. The SMILES string of the molecule is CCCC1(C(=O)NC(C)c2ccc(Br)cc2)CCNCC1. The van der Waals surface area contributed by atoms with Gasteiger partial charge >= 0.3 is 0 Å². The van der Waals surface area contributed by atoms with Crippen LogP contribution in [-0.2, 0) is 4.79 Å². The molecule has 1 saturated heterocycles. The van der Waals surface area contributed by atoms with Crippen molar-refractivity contribution in [2.75, 3.05) is 13.1 Å². The van der Waals surface area contributed by atoms with E-state index in [9.17, 15) is 4.79 Å². The number of nitrogens with one attached hydrogen (secondary N) is 2.